The zero-order chi connectivity index (χ0) is 21.2. The van der Waals surface area contributed by atoms with Crippen LogP contribution < -0.4 is 0 Å². The summed E-state index contributed by atoms with van der Waals surface area (Å²) in [5.41, 5.74) is 2.80. The molecule has 1 saturated heterocycles. The number of benzene rings is 1. The molecule has 0 radical (unpaired) electrons. The summed E-state index contributed by atoms with van der Waals surface area (Å²) in [6.45, 7) is 5.11. The predicted octanol–water partition coefficient (Wildman–Crippen LogP) is 1.16. The summed E-state index contributed by atoms with van der Waals surface area (Å²) < 4.78 is 35.9. The van der Waals surface area contributed by atoms with Crippen molar-refractivity contribution in [3.8, 4) is 0 Å². The fourth-order valence-corrected chi connectivity index (χ4v) is 4.36. The van der Waals surface area contributed by atoms with Crippen molar-refractivity contribution in [1.82, 2.24) is 19.3 Å². The number of hydrogen-bond acceptors (Lipinski definition) is 7. The van der Waals surface area contributed by atoms with Gasteiger partial charge in [-0.3, -0.25) is 4.79 Å². The summed E-state index contributed by atoms with van der Waals surface area (Å²) in [5, 5.41) is 3.84. The second-order valence-electron chi connectivity index (χ2n) is 7.32. The van der Waals surface area contributed by atoms with Gasteiger partial charge >= 0.3 is 0 Å². The Bertz CT molecular complexity index is 982. The Morgan fingerprint density at radius 3 is 2.66 bits per heavy atom. The molecule has 1 aliphatic heterocycles. The molecule has 158 valence electrons. The molecule has 1 amide bonds. The number of carbonyl (C=O) groups excluding carboxylic acids is 1. The van der Waals surface area contributed by atoms with Gasteiger partial charge in [-0.05, 0) is 37.1 Å². The third kappa shape index (κ3) is 5.01. The highest BCUT2D eigenvalue weighted by atomic mass is 32.2. The Morgan fingerprint density at radius 1 is 1.31 bits per heavy atom. The number of likely N-dealkylation sites (tertiary alicyclic amines) is 1. The van der Waals surface area contributed by atoms with Gasteiger partial charge in [-0.25, -0.2) is 8.42 Å². The summed E-state index contributed by atoms with van der Waals surface area (Å²) >= 11 is 0. The third-order valence-electron chi connectivity index (χ3n) is 5.07. The Kier molecular flexibility index (Phi) is 6.35. The largest absolute Gasteiger partial charge is 0.375 e. The van der Waals surface area contributed by atoms with Crippen LogP contribution in [-0.4, -0.2) is 72.7 Å². The first kappa shape index (κ1) is 21.4. The monoisotopic (exact) mass is 422 g/mol. The number of amides is 1. The lowest BCUT2D eigenvalue weighted by atomic mass is 10.0. The van der Waals surface area contributed by atoms with Crippen LogP contribution in [0, 0.1) is 13.8 Å². The van der Waals surface area contributed by atoms with Gasteiger partial charge < -0.3 is 14.2 Å². The number of methoxy groups -OCH3 is 1. The molecule has 1 aliphatic rings. The molecule has 1 aromatic heterocycles. The fraction of sp³-hybridized carbons (Fsp3) is 0.526. The second-order valence-corrected chi connectivity index (χ2v) is 9.26. The average molecular weight is 423 g/mol. The Balaban J connectivity index is 1.61. The summed E-state index contributed by atoms with van der Waals surface area (Å²) in [6.07, 6.45) is 1.50. The number of carbonyl (C=O) groups is 1. The predicted molar refractivity (Wildman–Crippen MR) is 106 cm³/mol. The minimum Gasteiger partial charge on any atom is -0.375 e. The molecule has 0 aliphatic carbocycles. The molecule has 29 heavy (non-hydrogen) atoms. The van der Waals surface area contributed by atoms with Crippen molar-refractivity contribution < 1.29 is 22.5 Å². The van der Waals surface area contributed by atoms with E-state index < -0.39 is 10.0 Å². The molecular formula is C19H26N4O5S. The summed E-state index contributed by atoms with van der Waals surface area (Å²) in [5.74, 6) is 0.690. The molecule has 0 spiro atoms. The van der Waals surface area contributed by atoms with E-state index in [1.54, 1.807) is 11.0 Å². The lowest BCUT2D eigenvalue weighted by Gasteiger charge is -2.44. The van der Waals surface area contributed by atoms with Gasteiger partial charge in [-0.2, -0.15) is 9.29 Å². The number of nitrogens with zero attached hydrogens (tertiary/aromatic N) is 4. The lowest BCUT2D eigenvalue weighted by Crippen LogP contribution is -2.62. The molecule has 0 saturated carbocycles. The van der Waals surface area contributed by atoms with Crippen LogP contribution in [0.3, 0.4) is 0 Å². The van der Waals surface area contributed by atoms with Crippen LogP contribution in [0.25, 0.3) is 0 Å². The first-order valence-electron chi connectivity index (χ1n) is 9.32. The van der Waals surface area contributed by atoms with Gasteiger partial charge in [0.15, 0.2) is 5.82 Å². The highest BCUT2D eigenvalue weighted by molar-refractivity contribution is 7.88. The van der Waals surface area contributed by atoms with E-state index in [4.69, 9.17) is 9.26 Å². The van der Waals surface area contributed by atoms with Gasteiger partial charge in [0.05, 0.1) is 12.3 Å². The van der Waals surface area contributed by atoms with Crippen molar-refractivity contribution in [3.05, 3.63) is 46.6 Å². The van der Waals surface area contributed by atoms with Gasteiger partial charge in [0.2, 0.25) is 10.0 Å². The van der Waals surface area contributed by atoms with Crippen LogP contribution in [-0.2, 0) is 27.8 Å². The SMILES string of the molecule is COCc1nc(CCN(C2CN(C(=O)c3ccc(C)c(C)c3)C2)S(C)(=O)=O)no1. The minimum atomic E-state index is -3.44. The number of aromatic nitrogens is 2. The minimum absolute atomic E-state index is 0.0832. The van der Waals surface area contributed by atoms with E-state index in [2.05, 4.69) is 10.1 Å². The van der Waals surface area contributed by atoms with Crippen molar-refractivity contribution in [2.45, 2.75) is 32.9 Å². The van der Waals surface area contributed by atoms with Crippen molar-refractivity contribution in [3.63, 3.8) is 0 Å². The molecule has 1 fully saturated rings. The number of ether oxygens (including phenoxy) is 1. The maximum Gasteiger partial charge on any atom is 0.253 e. The van der Waals surface area contributed by atoms with Crippen molar-refractivity contribution >= 4 is 15.9 Å². The fourth-order valence-electron chi connectivity index (χ4n) is 3.26. The Hall–Kier alpha value is -2.30. The molecule has 0 unspecified atom stereocenters. The van der Waals surface area contributed by atoms with E-state index >= 15 is 0 Å². The number of sulfonamides is 1. The Morgan fingerprint density at radius 2 is 2.03 bits per heavy atom. The quantitative estimate of drug-likeness (QED) is 0.628. The number of rotatable bonds is 8. The number of aryl methyl sites for hydroxylation is 2. The molecule has 1 aromatic carbocycles. The van der Waals surface area contributed by atoms with Crippen LogP contribution in [0.5, 0.6) is 0 Å². The van der Waals surface area contributed by atoms with Crippen molar-refractivity contribution in [1.29, 1.82) is 0 Å². The van der Waals surface area contributed by atoms with Crippen LogP contribution >= 0.6 is 0 Å². The molecule has 9 nitrogen and oxygen atoms in total. The van der Waals surface area contributed by atoms with Crippen LogP contribution in [0.15, 0.2) is 22.7 Å². The summed E-state index contributed by atoms with van der Waals surface area (Å²) in [7, 11) is -1.92. The third-order valence-corrected chi connectivity index (χ3v) is 6.40. The maximum absolute atomic E-state index is 12.7. The van der Waals surface area contributed by atoms with E-state index in [1.165, 1.54) is 17.7 Å². The molecule has 0 N–H and O–H groups in total. The normalized spacial score (nSPS) is 15.0. The van der Waals surface area contributed by atoms with Gasteiger partial charge in [0, 0.05) is 38.7 Å². The first-order valence-corrected chi connectivity index (χ1v) is 11.2. The highest BCUT2D eigenvalue weighted by Crippen LogP contribution is 2.22. The standard InChI is InChI=1S/C19H26N4O5S/c1-13-5-6-15(9-14(13)2)19(24)22-10-16(11-22)23(29(4,25)26)8-7-17-20-18(12-27-3)28-21-17/h5-6,9,16H,7-8,10-12H2,1-4H3. The molecule has 0 atom stereocenters. The highest BCUT2D eigenvalue weighted by Gasteiger charge is 2.39. The first-order chi connectivity index (χ1) is 13.7. The van der Waals surface area contributed by atoms with Crippen molar-refractivity contribution in [2.75, 3.05) is 33.0 Å². The van der Waals surface area contributed by atoms with E-state index in [0.717, 1.165) is 11.1 Å². The van der Waals surface area contributed by atoms with E-state index in [9.17, 15) is 13.2 Å². The molecule has 3 rings (SSSR count). The van der Waals surface area contributed by atoms with Gasteiger partial charge in [-0.15, -0.1) is 0 Å². The zero-order valence-electron chi connectivity index (χ0n) is 17.1. The molecular weight excluding hydrogens is 396 g/mol. The summed E-state index contributed by atoms with van der Waals surface area (Å²) in [6, 6.07) is 5.34. The molecule has 10 heteroatoms. The summed E-state index contributed by atoms with van der Waals surface area (Å²) in [4.78, 5) is 18.5. The molecule has 0 bridgehead atoms. The maximum atomic E-state index is 12.7. The van der Waals surface area contributed by atoms with Crippen LogP contribution in [0.1, 0.15) is 33.2 Å². The average Bonchev–Trinajstić information content (AvgIpc) is 3.05. The van der Waals surface area contributed by atoms with Crippen LogP contribution in [0.4, 0.5) is 0 Å². The van der Waals surface area contributed by atoms with E-state index in [0.29, 0.717) is 36.8 Å². The topological polar surface area (TPSA) is 106 Å². The van der Waals surface area contributed by atoms with Crippen LogP contribution in [0.2, 0.25) is 0 Å². The number of hydrogen-bond donors (Lipinski definition) is 0. The molecule has 2 heterocycles. The van der Waals surface area contributed by atoms with Gasteiger partial charge in [0.25, 0.3) is 11.8 Å². The van der Waals surface area contributed by atoms with Crippen molar-refractivity contribution in [2.24, 2.45) is 0 Å². The zero-order valence-corrected chi connectivity index (χ0v) is 17.9. The smallest absolute Gasteiger partial charge is 0.253 e. The van der Waals surface area contributed by atoms with Gasteiger partial charge in [0.1, 0.15) is 6.61 Å². The van der Waals surface area contributed by atoms with Gasteiger partial charge in [-0.1, -0.05) is 11.2 Å². The van der Waals surface area contributed by atoms with E-state index in [1.807, 2.05) is 26.0 Å². The molecule has 2 aromatic rings. The lowest BCUT2D eigenvalue weighted by molar-refractivity contribution is 0.0454. The second kappa shape index (κ2) is 8.60. The van der Waals surface area contributed by atoms with E-state index in [-0.39, 0.29) is 25.1 Å². The Labute approximate surface area is 170 Å².